The van der Waals surface area contributed by atoms with Crippen LogP contribution in [-0.2, 0) is 11.3 Å². The van der Waals surface area contributed by atoms with E-state index in [2.05, 4.69) is 31.5 Å². The summed E-state index contributed by atoms with van der Waals surface area (Å²) in [7, 11) is 4.97. The second-order valence-electron chi connectivity index (χ2n) is 8.23. The Labute approximate surface area is 211 Å². The van der Waals surface area contributed by atoms with Crippen LogP contribution in [-0.4, -0.2) is 47.2 Å². The number of hydrazine groups is 1. The molecule has 12 heteroatoms. The highest BCUT2D eigenvalue weighted by Gasteiger charge is 2.33. The van der Waals surface area contributed by atoms with Crippen LogP contribution >= 0.6 is 23.4 Å². The van der Waals surface area contributed by atoms with E-state index in [1.54, 1.807) is 51.6 Å². The molecule has 1 amide bonds. The Morgan fingerprint density at radius 2 is 2.03 bits per heavy atom. The monoisotopic (exact) mass is 515 g/mol. The molecule has 1 saturated carbocycles. The Morgan fingerprint density at radius 3 is 2.74 bits per heavy atom. The van der Waals surface area contributed by atoms with Crippen molar-refractivity contribution in [2.75, 3.05) is 21.3 Å². The van der Waals surface area contributed by atoms with Gasteiger partial charge in [-0.15, -0.1) is 0 Å². The zero-order valence-corrected chi connectivity index (χ0v) is 21.1. The standard InChI is InChI=1S/C23H26ClN7O3S/c1-25-30-21-19(35-23(28-21)29-22(32)12-4-5-12)10-31-11-26-9-16(31)14-6-13-7-17(33-2)18(34-3)8-15(13)27-20(14)24/h6-9,11-12,23,25,28,30H,4-5,10H2,1-3H3,(H,29,32). The number of thioether (sulfide) groups is 1. The number of nitrogens with one attached hydrogen (secondary N) is 4. The van der Waals surface area contributed by atoms with Gasteiger partial charge >= 0.3 is 0 Å². The van der Waals surface area contributed by atoms with Gasteiger partial charge in [0.2, 0.25) is 5.91 Å². The normalized spacial score (nSPS) is 17.4. The van der Waals surface area contributed by atoms with Crippen LogP contribution in [0.5, 0.6) is 11.5 Å². The highest BCUT2D eigenvalue weighted by Crippen LogP contribution is 2.37. The van der Waals surface area contributed by atoms with E-state index in [4.69, 9.17) is 21.1 Å². The molecule has 35 heavy (non-hydrogen) atoms. The summed E-state index contributed by atoms with van der Waals surface area (Å²) in [5.74, 6) is 2.24. The topological polar surface area (TPSA) is 114 Å². The number of fused-ring (bicyclic) bond motifs is 1. The van der Waals surface area contributed by atoms with Crippen molar-refractivity contribution in [3.8, 4) is 22.8 Å². The van der Waals surface area contributed by atoms with Crippen molar-refractivity contribution < 1.29 is 14.3 Å². The van der Waals surface area contributed by atoms with Gasteiger partial charge in [0.05, 0.1) is 44.5 Å². The largest absolute Gasteiger partial charge is 0.493 e. The first-order valence-electron chi connectivity index (χ1n) is 11.1. The fourth-order valence-corrected chi connectivity index (χ4v) is 5.25. The van der Waals surface area contributed by atoms with Crippen LogP contribution in [0.3, 0.4) is 0 Å². The molecule has 1 fully saturated rings. The number of nitrogens with zero attached hydrogens (tertiary/aromatic N) is 3. The maximum atomic E-state index is 12.2. The third-order valence-electron chi connectivity index (χ3n) is 5.86. The average molecular weight is 516 g/mol. The van der Waals surface area contributed by atoms with E-state index in [1.165, 1.54) is 0 Å². The lowest BCUT2D eigenvalue weighted by Crippen LogP contribution is -2.44. The van der Waals surface area contributed by atoms with Crippen LogP contribution < -0.4 is 31.0 Å². The van der Waals surface area contributed by atoms with Gasteiger partial charge in [0.15, 0.2) is 17.0 Å². The van der Waals surface area contributed by atoms with E-state index in [1.807, 2.05) is 16.7 Å². The molecular formula is C23H26ClN7O3S. The van der Waals surface area contributed by atoms with E-state index in [-0.39, 0.29) is 17.3 Å². The Kier molecular flexibility index (Phi) is 6.63. The quantitative estimate of drug-likeness (QED) is 0.252. The number of allylic oxidation sites excluding steroid dienone is 1. The molecule has 2 aliphatic rings. The van der Waals surface area contributed by atoms with Gasteiger partial charge in [-0.1, -0.05) is 23.4 Å². The lowest BCUT2D eigenvalue weighted by atomic mass is 10.1. The number of hydrogen-bond acceptors (Lipinski definition) is 9. The molecule has 0 spiro atoms. The third kappa shape index (κ3) is 4.84. The number of pyridine rings is 1. The Morgan fingerprint density at radius 1 is 1.26 bits per heavy atom. The van der Waals surface area contributed by atoms with Crippen molar-refractivity contribution in [1.29, 1.82) is 0 Å². The second-order valence-corrected chi connectivity index (χ2v) is 9.79. The van der Waals surface area contributed by atoms with Gasteiger partial charge in [-0.3, -0.25) is 4.79 Å². The predicted molar refractivity (Wildman–Crippen MR) is 136 cm³/mol. The molecular weight excluding hydrogens is 490 g/mol. The molecule has 1 unspecified atom stereocenters. The molecule has 0 saturated heterocycles. The van der Waals surface area contributed by atoms with Crippen LogP contribution in [0, 0.1) is 5.92 Å². The number of hydrogen-bond donors (Lipinski definition) is 4. The van der Waals surface area contributed by atoms with Crippen LogP contribution in [0.25, 0.3) is 22.2 Å². The first-order valence-corrected chi connectivity index (χ1v) is 12.4. The third-order valence-corrected chi connectivity index (χ3v) is 7.24. The zero-order valence-electron chi connectivity index (χ0n) is 19.5. The number of carbonyl (C=O) groups excluding carboxylic acids is 1. The van der Waals surface area contributed by atoms with Gasteiger partial charge in [-0.25, -0.2) is 15.4 Å². The smallest absolute Gasteiger partial charge is 0.225 e. The Bertz CT molecular complexity index is 1310. The fraction of sp³-hybridized carbons (Fsp3) is 0.348. The van der Waals surface area contributed by atoms with Crippen LogP contribution in [0.15, 0.2) is 41.4 Å². The maximum Gasteiger partial charge on any atom is 0.225 e. The summed E-state index contributed by atoms with van der Waals surface area (Å²) in [6, 6.07) is 5.65. The minimum atomic E-state index is -0.241. The molecule has 10 nitrogen and oxygen atoms in total. The second kappa shape index (κ2) is 9.84. The summed E-state index contributed by atoms with van der Waals surface area (Å²) in [6.45, 7) is 0.521. The molecule has 3 heterocycles. The highest BCUT2D eigenvalue weighted by atomic mass is 35.5. The van der Waals surface area contributed by atoms with Gasteiger partial charge in [0.25, 0.3) is 0 Å². The number of amides is 1. The Balaban J connectivity index is 1.43. The van der Waals surface area contributed by atoms with Crippen molar-refractivity contribution in [2.24, 2.45) is 5.92 Å². The first kappa shape index (κ1) is 23.6. The van der Waals surface area contributed by atoms with E-state index in [0.29, 0.717) is 28.7 Å². The minimum absolute atomic E-state index is 0.0875. The van der Waals surface area contributed by atoms with Gasteiger partial charge in [-0.2, -0.15) is 0 Å². The SMILES string of the molecule is CNNC1=C(Cn2cncc2-c2cc3cc(OC)c(OC)cc3nc2Cl)SC(NC(=O)C2CC2)N1. The molecule has 184 valence electrons. The van der Waals surface area contributed by atoms with Crippen molar-refractivity contribution in [3.05, 3.63) is 46.6 Å². The molecule has 2 aromatic heterocycles. The Hall–Kier alpha value is -3.15. The minimum Gasteiger partial charge on any atom is -0.493 e. The highest BCUT2D eigenvalue weighted by molar-refractivity contribution is 8.03. The van der Waals surface area contributed by atoms with Crippen LogP contribution in [0.4, 0.5) is 0 Å². The van der Waals surface area contributed by atoms with Gasteiger partial charge in [0, 0.05) is 34.9 Å². The molecule has 3 aromatic rings. The molecule has 1 aliphatic carbocycles. The van der Waals surface area contributed by atoms with Gasteiger partial charge < -0.3 is 30.1 Å². The molecule has 0 bridgehead atoms. The molecule has 1 aromatic carbocycles. The maximum absolute atomic E-state index is 12.2. The van der Waals surface area contributed by atoms with Crippen molar-refractivity contribution in [1.82, 2.24) is 36.0 Å². The van der Waals surface area contributed by atoms with E-state index in [0.717, 1.165) is 40.2 Å². The van der Waals surface area contributed by atoms with E-state index < -0.39 is 0 Å². The number of rotatable bonds is 9. The van der Waals surface area contributed by atoms with Crippen molar-refractivity contribution in [2.45, 2.75) is 24.9 Å². The van der Waals surface area contributed by atoms with Crippen LogP contribution in [0.1, 0.15) is 12.8 Å². The number of methoxy groups -OCH3 is 2. The van der Waals surface area contributed by atoms with Crippen molar-refractivity contribution in [3.63, 3.8) is 0 Å². The molecule has 4 N–H and O–H groups in total. The first-order chi connectivity index (χ1) is 17.0. The van der Waals surface area contributed by atoms with Gasteiger partial charge in [-0.05, 0) is 25.0 Å². The summed E-state index contributed by atoms with van der Waals surface area (Å²) in [5, 5.41) is 7.61. The van der Waals surface area contributed by atoms with Crippen molar-refractivity contribution >= 4 is 40.2 Å². The zero-order chi connectivity index (χ0) is 24.5. The molecule has 1 aliphatic heterocycles. The lowest BCUT2D eigenvalue weighted by Gasteiger charge is -2.14. The summed E-state index contributed by atoms with van der Waals surface area (Å²) in [5.41, 5.74) is 8.11. The van der Waals surface area contributed by atoms with Crippen LogP contribution in [0.2, 0.25) is 5.15 Å². The fourth-order valence-electron chi connectivity index (χ4n) is 3.93. The molecule has 1 atom stereocenters. The summed E-state index contributed by atoms with van der Waals surface area (Å²) >= 11 is 8.18. The average Bonchev–Trinajstić information content (AvgIpc) is 3.51. The lowest BCUT2D eigenvalue weighted by molar-refractivity contribution is -0.122. The summed E-state index contributed by atoms with van der Waals surface area (Å²) in [6.07, 6.45) is 5.44. The summed E-state index contributed by atoms with van der Waals surface area (Å²) in [4.78, 5) is 22.2. The van der Waals surface area contributed by atoms with E-state index in [9.17, 15) is 4.79 Å². The number of benzene rings is 1. The molecule has 0 radical (unpaired) electrons. The number of aromatic nitrogens is 3. The van der Waals surface area contributed by atoms with E-state index >= 15 is 0 Å². The number of ether oxygens (including phenoxy) is 2. The number of carbonyl (C=O) groups is 1. The van der Waals surface area contributed by atoms with Gasteiger partial charge in [0.1, 0.15) is 11.0 Å². The number of imidazole rings is 1. The number of halogens is 1. The molecule has 5 rings (SSSR count). The predicted octanol–water partition coefficient (Wildman–Crippen LogP) is 2.81. The summed E-state index contributed by atoms with van der Waals surface area (Å²) < 4.78 is 12.8.